The van der Waals surface area contributed by atoms with Crippen molar-refractivity contribution < 1.29 is 4.79 Å². The zero-order valence-electron chi connectivity index (χ0n) is 17.3. The highest BCUT2D eigenvalue weighted by atomic mass is 35.5. The number of carbonyl (C=O) groups is 1. The van der Waals surface area contributed by atoms with E-state index in [0.29, 0.717) is 33.0 Å². The summed E-state index contributed by atoms with van der Waals surface area (Å²) >= 11 is 6.64. The number of nitrogens with one attached hydrogen (secondary N) is 1. The van der Waals surface area contributed by atoms with Gasteiger partial charge in [0.25, 0.3) is 5.91 Å². The minimum Gasteiger partial charge on any atom is -0.378 e. The van der Waals surface area contributed by atoms with Crippen LogP contribution in [0.4, 0.5) is 11.4 Å². The van der Waals surface area contributed by atoms with Crippen molar-refractivity contribution >= 4 is 39.9 Å². The highest BCUT2D eigenvalue weighted by Gasteiger charge is 2.20. The summed E-state index contributed by atoms with van der Waals surface area (Å²) < 4.78 is 1.75. The van der Waals surface area contributed by atoms with Gasteiger partial charge in [0, 0.05) is 31.7 Å². The number of carbonyl (C=O) groups excluding carboxylic acids is 1. The van der Waals surface area contributed by atoms with Gasteiger partial charge in [0.15, 0.2) is 5.65 Å². The summed E-state index contributed by atoms with van der Waals surface area (Å²) in [5.74, 6) is -0.305. The molecule has 0 fully saturated rings. The fourth-order valence-electron chi connectivity index (χ4n) is 3.27. The molecule has 4 aromatic rings. The maximum absolute atomic E-state index is 12.8. The van der Waals surface area contributed by atoms with Crippen LogP contribution in [0.2, 0.25) is 5.02 Å². The molecule has 152 valence electrons. The molecular formula is C23H22ClN5O. The fourth-order valence-corrected chi connectivity index (χ4v) is 3.63. The smallest absolute Gasteiger partial charge is 0.258 e. The molecule has 2 aromatic carbocycles. The van der Waals surface area contributed by atoms with Gasteiger partial charge in [-0.3, -0.25) is 4.79 Å². The quantitative estimate of drug-likeness (QED) is 0.505. The second-order valence-corrected chi connectivity index (χ2v) is 7.79. The van der Waals surface area contributed by atoms with E-state index in [9.17, 15) is 4.79 Å². The molecule has 7 heteroatoms. The summed E-state index contributed by atoms with van der Waals surface area (Å²) in [6, 6.07) is 15.6. The first-order valence-corrected chi connectivity index (χ1v) is 9.92. The van der Waals surface area contributed by atoms with E-state index in [1.165, 1.54) is 6.20 Å². The van der Waals surface area contributed by atoms with Crippen molar-refractivity contribution in [3.63, 3.8) is 0 Å². The molecular weight excluding hydrogens is 398 g/mol. The first-order chi connectivity index (χ1) is 14.3. The lowest BCUT2D eigenvalue weighted by molar-refractivity contribution is 0.102. The van der Waals surface area contributed by atoms with Gasteiger partial charge in [-0.15, -0.1) is 0 Å². The summed E-state index contributed by atoms with van der Waals surface area (Å²) in [4.78, 5) is 19.3. The Morgan fingerprint density at radius 2 is 1.70 bits per heavy atom. The zero-order chi connectivity index (χ0) is 21.4. The minimum atomic E-state index is -0.305. The summed E-state index contributed by atoms with van der Waals surface area (Å²) in [5, 5.41) is 8.50. The van der Waals surface area contributed by atoms with E-state index in [1.807, 2.05) is 81.4 Å². The van der Waals surface area contributed by atoms with Crippen LogP contribution < -0.4 is 10.2 Å². The average molecular weight is 420 g/mol. The Labute approximate surface area is 180 Å². The van der Waals surface area contributed by atoms with E-state index < -0.39 is 0 Å². The number of amides is 1. The number of benzene rings is 2. The number of hydrogen-bond donors (Lipinski definition) is 1. The van der Waals surface area contributed by atoms with E-state index in [2.05, 4.69) is 15.4 Å². The average Bonchev–Trinajstić information content (AvgIpc) is 3.07. The Kier molecular flexibility index (Phi) is 5.18. The molecule has 0 aliphatic carbocycles. The highest BCUT2D eigenvalue weighted by Crippen LogP contribution is 2.30. The molecule has 0 saturated heterocycles. The SMILES string of the molecule is Cc1ccc(NC(=O)c2cnc3c(c(C)nn3-c3ccc(N(C)C)cc3)c2Cl)cc1. The van der Waals surface area contributed by atoms with Gasteiger partial charge in [-0.25, -0.2) is 9.67 Å². The zero-order valence-corrected chi connectivity index (χ0v) is 18.0. The molecule has 0 aliphatic heterocycles. The Balaban J connectivity index is 1.72. The maximum Gasteiger partial charge on any atom is 0.258 e. The van der Waals surface area contributed by atoms with Gasteiger partial charge < -0.3 is 10.2 Å². The van der Waals surface area contributed by atoms with Crippen LogP contribution in [0.15, 0.2) is 54.7 Å². The molecule has 4 rings (SSSR count). The van der Waals surface area contributed by atoms with Crippen molar-refractivity contribution in [3.8, 4) is 5.69 Å². The van der Waals surface area contributed by atoms with Crippen LogP contribution in [0, 0.1) is 13.8 Å². The number of aryl methyl sites for hydroxylation is 2. The third kappa shape index (κ3) is 3.62. The Morgan fingerprint density at radius 1 is 1.03 bits per heavy atom. The molecule has 0 spiro atoms. The number of nitrogens with zero attached hydrogens (tertiary/aromatic N) is 4. The predicted molar refractivity (Wildman–Crippen MR) is 122 cm³/mol. The molecule has 0 radical (unpaired) electrons. The van der Waals surface area contributed by atoms with Gasteiger partial charge in [-0.1, -0.05) is 29.3 Å². The Morgan fingerprint density at radius 3 is 2.33 bits per heavy atom. The van der Waals surface area contributed by atoms with Crippen molar-refractivity contribution in [3.05, 3.63) is 76.6 Å². The van der Waals surface area contributed by atoms with Crippen molar-refractivity contribution in [2.45, 2.75) is 13.8 Å². The van der Waals surface area contributed by atoms with Crippen LogP contribution >= 0.6 is 11.6 Å². The first-order valence-electron chi connectivity index (χ1n) is 9.55. The number of anilines is 2. The standard InChI is InChI=1S/C23H22ClN5O/c1-14-5-7-16(8-6-14)26-23(30)19-13-25-22-20(21(19)24)15(2)27-29(22)18-11-9-17(10-12-18)28(3)4/h5-13H,1-4H3,(H,26,30). The van der Waals surface area contributed by atoms with Gasteiger partial charge in [-0.05, 0) is 50.2 Å². The van der Waals surface area contributed by atoms with Crippen molar-refractivity contribution in [1.29, 1.82) is 0 Å². The van der Waals surface area contributed by atoms with Crippen LogP contribution in [0.1, 0.15) is 21.6 Å². The van der Waals surface area contributed by atoms with Gasteiger partial charge in [0.1, 0.15) is 0 Å². The third-order valence-corrected chi connectivity index (χ3v) is 5.37. The number of aromatic nitrogens is 3. The minimum absolute atomic E-state index is 0.305. The van der Waals surface area contributed by atoms with Crippen LogP contribution in [-0.2, 0) is 0 Å². The molecule has 30 heavy (non-hydrogen) atoms. The van der Waals surface area contributed by atoms with Gasteiger partial charge >= 0.3 is 0 Å². The van der Waals surface area contributed by atoms with E-state index in [1.54, 1.807) is 4.68 Å². The van der Waals surface area contributed by atoms with E-state index in [4.69, 9.17) is 11.6 Å². The second-order valence-electron chi connectivity index (χ2n) is 7.41. The summed E-state index contributed by atoms with van der Waals surface area (Å²) in [6.07, 6.45) is 1.50. The number of halogens is 1. The molecule has 0 bridgehead atoms. The second kappa shape index (κ2) is 7.80. The predicted octanol–water partition coefficient (Wildman–Crippen LogP) is 5.01. The van der Waals surface area contributed by atoms with Crippen molar-refractivity contribution in [2.75, 3.05) is 24.3 Å². The largest absolute Gasteiger partial charge is 0.378 e. The van der Waals surface area contributed by atoms with E-state index >= 15 is 0 Å². The van der Waals surface area contributed by atoms with Gasteiger partial charge in [-0.2, -0.15) is 5.10 Å². The number of pyridine rings is 1. The van der Waals surface area contributed by atoms with Crippen LogP contribution in [0.5, 0.6) is 0 Å². The Hall–Kier alpha value is -3.38. The number of rotatable bonds is 4. The number of fused-ring (bicyclic) bond motifs is 1. The van der Waals surface area contributed by atoms with Crippen LogP contribution in [0.3, 0.4) is 0 Å². The monoisotopic (exact) mass is 419 g/mol. The molecule has 0 aliphatic rings. The summed E-state index contributed by atoms with van der Waals surface area (Å²) in [5.41, 5.74) is 5.43. The van der Waals surface area contributed by atoms with Crippen molar-refractivity contribution in [1.82, 2.24) is 14.8 Å². The molecule has 1 N–H and O–H groups in total. The van der Waals surface area contributed by atoms with Crippen LogP contribution in [-0.4, -0.2) is 34.8 Å². The van der Waals surface area contributed by atoms with Gasteiger partial charge in [0.05, 0.1) is 27.4 Å². The molecule has 0 unspecified atom stereocenters. The number of hydrogen-bond acceptors (Lipinski definition) is 4. The lowest BCUT2D eigenvalue weighted by Gasteiger charge is -2.13. The Bertz CT molecular complexity index is 1230. The van der Waals surface area contributed by atoms with Crippen molar-refractivity contribution in [2.24, 2.45) is 0 Å². The molecule has 2 aromatic heterocycles. The van der Waals surface area contributed by atoms with Crippen LogP contribution in [0.25, 0.3) is 16.7 Å². The highest BCUT2D eigenvalue weighted by molar-refractivity contribution is 6.39. The lowest BCUT2D eigenvalue weighted by atomic mass is 10.1. The van der Waals surface area contributed by atoms with Gasteiger partial charge in [0.2, 0.25) is 0 Å². The molecule has 6 nitrogen and oxygen atoms in total. The third-order valence-electron chi connectivity index (χ3n) is 4.97. The first kappa shape index (κ1) is 19.9. The lowest BCUT2D eigenvalue weighted by Crippen LogP contribution is -2.13. The molecule has 2 heterocycles. The molecule has 0 saturated carbocycles. The molecule has 1 amide bonds. The summed E-state index contributed by atoms with van der Waals surface area (Å²) in [7, 11) is 3.99. The molecule has 0 atom stereocenters. The fraction of sp³-hybridized carbons (Fsp3) is 0.174. The summed E-state index contributed by atoms with van der Waals surface area (Å²) in [6.45, 7) is 3.86. The normalized spacial score (nSPS) is 11.0. The topological polar surface area (TPSA) is 63.1 Å². The van der Waals surface area contributed by atoms with E-state index in [0.717, 1.165) is 16.9 Å². The van der Waals surface area contributed by atoms with E-state index in [-0.39, 0.29) is 5.91 Å². The maximum atomic E-state index is 12.8.